The van der Waals surface area contributed by atoms with Crippen LogP contribution < -0.4 is 0 Å². The lowest BCUT2D eigenvalue weighted by Crippen LogP contribution is -2.18. The largest absolute Gasteiger partial charge is 0.370 e. The zero-order valence-electron chi connectivity index (χ0n) is 8.57. The summed E-state index contributed by atoms with van der Waals surface area (Å²) in [6.45, 7) is 2.25. The van der Waals surface area contributed by atoms with Crippen LogP contribution in [0.1, 0.15) is 12.5 Å². The molecular formula is C12H13FO2. The third-order valence-corrected chi connectivity index (χ3v) is 2.75. The lowest BCUT2D eigenvalue weighted by Gasteiger charge is -2.06. The van der Waals surface area contributed by atoms with Gasteiger partial charge in [-0.2, -0.15) is 0 Å². The molecule has 1 aromatic carbocycles. The van der Waals surface area contributed by atoms with Crippen molar-refractivity contribution in [1.82, 2.24) is 0 Å². The Hall–Kier alpha value is -1.22. The van der Waals surface area contributed by atoms with Crippen LogP contribution >= 0.6 is 0 Å². The first kappa shape index (κ1) is 10.3. The molecule has 2 atom stereocenters. The van der Waals surface area contributed by atoms with Gasteiger partial charge in [-0.15, -0.1) is 0 Å². The summed E-state index contributed by atoms with van der Waals surface area (Å²) in [6.07, 6.45) is 0.360. The molecule has 2 nitrogen and oxygen atoms in total. The number of benzene rings is 1. The molecule has 3 heteroatoms. The second kappa shape index (κ2) is 4.11. The lowest BCUT2D eigenvalue weighted by atomic mass is 9.96. The average molecular weight is 208 g/mol. The van der Waals surface area contributed by atoms with Gasteiger partial charge in [-0.1, -0.05) is 12.1 Å². The summed E-state index contributed by atoms with van der Waals surface area (Å²) in [6, 6.07) is 6.26. The van der Waals surface area contributed by atoms with Gasteiger partial charge < -0.3 is 4.74 Å². The molecule has 0 saturated carbocycles. The highest BCUT2D eigenvalue weighted by Crippen LogP contribution is 2.19. The second-order valence-corrected chi connectivity index (χ2v) is 3.91. The van der Waals surface area contributed by atoms with Crippen LogP contribution in [0.15, 0.2) is 24.3 Å². The van der Waals surface area contributed by atoms with E-state index in [9.17, 15) is 9.18 Å². The summed E-state index contributed by atoms with van der Waals surface area (Å²) in [5.74, 6) is -0.161. The van der Waals surface area contributed by atoms with Gasteiger partial charge in [0.1, 0.15) is 11.9 Å². The predicted octanol–water partition coefficient (Wildman–Crippen LogP) is 1.97. The maximum absolute atomic E-state index is 12.6. The minimum atomic E-state index is -0.282. The van der Waals surface area contributed by atoms with Crippen molar-refractivity contribution in [2.45, 2.75) is 19.4 Å². The molecule has 2 rings (SSSR count). The Morgan fingerprint density at radius 3 is 2.60 bits per heavy atom. The number of ether oxygens (including phenoxy) is 1. The molecule has 1 aliphatic rings. The van der Waals surface area contributed by atoms with E-state index >= 15 is 0 Å². The Balaban J connectivity index is 2.03. The van der Waals surface area contributed by atoms with Crippen LogP contribution in [-0.2, 0) is 16.0 Å². The first-order chi connectivity index (χ1) is 7.16. The van der Waals surface area contributed by atoms with E-state index in [0.29, 0.717) is 13.0 Å². The number of rotatable bonds is 2. The van der Waals surface area contributed by atoms with E-state index in [4.69, 9.17) is 4.74 Å². The first-order valence-electron chi connectivity index (χ1n) is 5.06. The number of Topliss-reactive ketones (excluding diaryl/α,β-unsaturated/α-hetero) is 1. The van der Waals surface area contributed by atoms with E-state index in [-0.39, 0.29) is 23.6 Å². The SMILES string of the molecule is CC1OCC(Cc2ccc(F)cc2)C1=O. The zero-order valence-corrected chi connectivity index (χ0v) is 8.57. The van der Waals surface area contributed by atoms with Gasteiger partial charge >= 0.3 is 0 Å². The maximum Gasteiger partial charge on any atom is 0.166 e. The highest BCUT2D eigenvalue weighted by Gasteiger charge is 2.31. The van der Waals surface area contributed by atoms with Crippen LogP contribution in [0.3, 0.4) is 0 Å². The Bertz CT molecular complexity index is 358. The van der Waals surface area contributed by atoms with E-state index in [1.807, 2.05) is 0 Å². The van der Waals surface area contributed by atoms with Gasteiger partial charge in [-0.05, 0) is 31.0 Å². The molecular weight excluding hydrogens is 195 g/mol. The summed E-state index contributed by atoms with van der Waals surface area (Å²) in [5.41, 5.74) is 0.979. The highest BCUT2D eigenvalue weighted by molar-refractivity contribution is 5.87. The summed E-state index contributed by atoms with van der Waals surface area (Å²) >= 11 is 0. The predicted molar refractivity (Wildman–Crippen MR) is 54.0 cm³/mol. The van der Waals surface area contributed by atoms with Crippen molar-refractivity contribution in [3.63, 3.8) is 0 Å². The summed E-state index contributed by atoms with van der Waals surface area (Å²) in [4.78, 5) is 11.6. The van der Waals surface area contributed by atoms with E-state index in [0.717, 1.165) is 5.56 Å². The third kappa shape index (κ3) is 2.23. The van der Waals surface area contributed by atoms with Crippen molar-refractivity contribution in [1.29, 1.82) is 0 Å². The molecule has 0 amide bonds. The second-order valence-electron chi connectivity index (χ2n) is 3.91. The van der Waals surface area contributed by atoms with Crippen molar-refractivity contribution in [3.8, 4) is 0 Å². The number of carbonyl (C=O) groups excluding carboxylic acids is 1. The quantitative estimate of drug-likeness (QED) is 0.742. The van der Waals surface area contributed by atoms with E-state index in [1.54, 1.807) is 19.1 Å². The standard InChI is InChI=1S/C12H13FO2/c1-8-12(14)10(7-15-8)6-9-2-4-11(13)5-3-9/h2-5,8,10H,6-7H2,1H3. The number of hydrogen-bond donors (Lipinski definition) is 0. The van der Waals surface area contributed by atoms with Gasteiger partial charge in [0.25, 0.3) is 0 Å². The lowest BCUT2D eigenvalue weighted by molar-refractivity contribution is -0.123. The molecule has 0 spiro atoms. The summed E-state index contributed by atoms with van der Waals surface area (Å²) in [5, 5.41) is 0. The van der Waals surface area contributed by atoms with Gasteiger partial charge in [0, 0.05) is 5.92 Å². The van der Waals surface area contributed by atoms with Crippen LogP contribution in [0, 0.1) is 11.7 Å². The van der Waals surface area contributed by atoms with Crippen molar-refractivity contribution >= 4 is 5.78 Å². The molecule has 0 bridgehead atoms. The molecule has 80 valence electrons. The van der Waals surface area contributed by atoms with Crippen LogP contribution in [0.25, 0.3) is 0 Å². The minimum absolute atomic E-state index is 0.0644. The fourth-order valence-corrected chi connectivity index (χ4v) is 1.82. The number of ketones is 1. The zero-order chi connectivity index (χ0) is 10.8. The molecule has 15 heavy (non-hydrogen) atoms. The molecule has 0 radical (unpaired) electrons. The van der Waals surface area contributed by atoms with Crippen LogP contribution in [0.2, 0.25) is 0 Å². The van der Waals surface area contributed by atoms with Crippen molar-refractivity contribution in [3.05, 3.63) is 35.6 Å². The topological polar surface area (TPSA) is 26.3 Å². The van der Waals surface area contributed by atoms with Gasteiger partial charge in [-0.25, -0.2) is 4.39 Å². The van der Waals surface area contributed by atoms with E-state index < -0.39 is 0 Å². The fourth-order valence-electron chi connectivity index (χ4n) is 1.82. The molecule has 1 fully saturated rings. The average Bonchev–Trinajstić information content (AvgIpc) is 2.53. The maximum atomic E-state index is 12.6. The normalized spacial score (nSPS) is 25.9. The van der Waals surface area contributed by atoms with Gasteiger partial charge in [0.05, 0.1) is 6.61 Å². The molecule has 0 aliphatic carbocycles. The Labute approximate surface area is 88.1 Å². The molecule has 1 saturated heterocycles. The van der Waals surface area contributed by atoms with Gasteiger partial charge in [-0.3, -0.25) is 4.79 Å². The summed E-state index contributed by atoms with van der Waals surface area (Å²) in [7, 11) is 0. The number of halogens is 1. The molecule has 0 N–H and O–H groups in total. The monoisotopic (exact) mass is 208 g/mol. The van der Waals surface area contributed by atoms with Crippen molar-refractivity contribution in [2.75, 3.05) is 6.61 Å². The van der Waals surface area contributed by atoms with Crippen LogP contribution in [-0.4, -0.2) is 18.5 Å². The van der Waals surface area contributed by atoms with Gasteiger partial charge in [0.15, 0.2) is 5.78 Å². The Morgan fingerprint density at radius 2 is 2.07 bits per heavy atom. The van der Waals surface area contributed by atoms with Gasteiger partial charge in [0.2, 0.25) is 0 Å². The van der Waals surface area contributed by atoms with E-state index in [1.165, 1.54) is 12.1 Å². The Kier molecular flexibility index (Phi) is 2.82. The molecule has 2 unspecified atom stereocenters. The minimum Gasteiger partial charge on any atom is -0.370 e. The third-order valence-electron chi connectivity index (χ3n) is 2.75. The number of carbonyl (C=O) groups is 1. The van der Waals surface area contributed by atoms with E-state index in [2.05, 4.69) is 0 Å². The highest BCUT2D eigenvalue weighted by atomic mass is 19.1. The first-order valence-corrected chi connectivity index (χ1v) is 5.06. The van der Waals surface area contributed by atoms with Crippen LogP contribution in [0.5, 0.6) is 0 Å². The molecule has 1 heterocycles. The smallest absolute Gasteiger partial charge is 0.166 e. The van der Waals surface area contributed by atoms with Crippen molar-refractivity contribution in [2.24, 2.45) is 5.92 Å². The fraction of sp³-hybridized carbons (Fsp3) is 0.417. The molecule has 0 aromatic heterocycles. The van der Waals surface area contributed by atoms with Crippen LogP contribution in [0.4, 0.5) is 4.39 Å². The summed E-state index contributed by atoms with van der Waals surface area (Å²) < 4.78 is 17.9. The Morgan fingerprint density at radius 1 is 1.40 bits per heavy atom. The number of hydrogen-bond acceptors (Lipinski definition) is 2. The molecule has 1 aliphatic heterocycles. The van der Waals surface area contributed by atoms with Crippen molar-refractivity contribution < 1.29 is 13.9 Å². The molecule has 1 aromatic rings.